The maximum atomic E-state index is 10.8. The number of nitrogens with zero attached hydrogens (tertiary/aromatic N) is 2. The van der Waals surface area contributed by atoms with Crippen molar-refractivity contribution in [1.29, 1.82) is 0 Å². The number of imidazole rings is 1. The van der Waals surface area contributed by atoms with E-state index in [1.807, 2.05) is 6.20 Å². The molecule has 0 spiro atoms. The van der Waals surface area contributed by atoms with Gasteiger partial charge in [-0.1, -0.05) is 13.8 Å². The topological polar surface area (TPSA) is 50.1 Å². The maximum Gasteiger partial charge on any atom is 0.140 e. The average Bonchev–Trinajstić information content (AvgIpc) is 2.82. The minimum Gasteiger partial charge on any atom is -0.382 e. The summed E-state index contributed by atoms with van der Waals surface area (Å²) in [7, 11) is 0. The van der Waals surface area contributed by atoms with Crippen LogP contribution in [0.2, 0.25) is 0 Å². The summed E-state index contributed by atoms with van der Waals surface area (Å²) in [5.74, 6) is 0.860. The van der Waals surface area contributed by atoms with E-state index >= 15 is 0 Å². The highest BCUT2D eigenvalue weighted by molar-refractivity contribution is 5.07. The summed E-state index contributed by atoms with van der Waals surface area (Å²) in [5.41, 5.74) is -0.718. The first kappa shape index (κ1) is 13.6. The number of nitrogens with one attached hydrogen (secondary N) is 1. The Labute approximate surface area is 109 Å². The van der Waals surface area contributed by atoms with Gasteiger partial charge in [-0.05, 0) is 38.6 Å². The van der Waals surface area contributed by atoms with E-state index in [9.17, 15) is 5.11 Å². The van der Waals surface area contributed by atoms with Gasteiger partial charge in [-0.3, -0.25) is 0 Å². The van der Waals surface area contributed by atoms with Crippen molar-refractivity contribution in [3.63, 3.8) is 0 Å². The van der Waals surface area contributed by atoms with E-state index in [2.05, 4.69) is 28.7 Å². The third kappa shape index (κ3) is 2.75. The molecule has 0 aliphatic heterocycles. The second-order valence-corrected chi connectivity index (χ2v) is 5.31. The SMILES string of the molecule is CCCn1ccnc1C1(O)CCC(NCC)CC1. The number of aryl methyl sites for hydroxylation is 1. The van der Waals surface area contributed by atoms with Crippen LogP contribution in [-0.2, 0) is 12.1 Å². The Morgan fingerprint density at radius 1 is 1.44 bits per heavy atom. The van der Waals surface area contributed by atoms with Gasteiger partial charge in [-0.15, -0.1) is 0 Å². The van der Waals surface area contributed by atoms with Crippen LogP contribution in [-0.4, -0.2) is 27.2 Å². The molecule has 4 nitrogen and oxygen atoms in total. The van der Waals surface area contributed by atoms with Gasteiger partial charge in [-0.2, -0.15) is 0 Å². The second kappa shape index (κ2) is 5.85. The zero-order valence-corrected chi connectivity index (χ0v) is 11.5. The molecule has 102 valence electrons. The predicted octanol–water partition coefficient (Wildman–Crippen LogP) is 2.03. The highest BCUT2D eigenvalue weighted by Crippen LogP contribution is 2.36. The van der Waals surface area contributed by atoms with E-state index in [1.54, 1.807) is 6.20 Å². The monoisotopic (exact) mass is 251 g/mol. The zero-order valence-electron chi connectivity index (χ0n) is 11.5. The third-order valence-corrected chi connectivity index (χ3v) is 3.90. The lowest BCUT2D eigenvalue weighted by molar-refractivity contribution is -0.0190. The summed E-state index contributed by atoms with van der Waals surface area (Å²) >= 11 is 0. The van der Waals surface area contributed by atoms with Gasteiger partial charge in [-0.25, -0.2) is 4.98 Å². The van der Waals surface area contributed by atoms with E-state index in [0.717, 1.165) is 51.0 Å². The molecule has 0 atom stereocenters. The van der Waals surface area contributed by atoms with Crippen molar-refractivity contribution < 1.29 is 5.11 Å². The quantitative estimate of drug-likeness (QED) is 0.842. The van der Waals surface area contributed by atoms with Crippen LogP contribution in [0.4, 0.5) is 0 Å². The van der Waals surface area contributed by atoms with Crippen molar-refractivity contribution in [3.8, 4) is 0 Å². The summed E-state index contributed by atoms with van der Waals surface area (Å²) in [4.78, 5) is 4.39. The van der Waals surface area contributed by atoms with Crippen LogP contribution in [0, 0.1) is 0 Å². The fourth-order valence-corrected chi connectivity index (χ4v) is 2.95. The van der Waals surface area contributed by atoms with E-state index in [0.29, 0.717) is 6.04 Å². The third-order valence-electron chi connectivity index (χ3n) is 3.90. The first-order chi connectivity index (χ1) is 8.69. The fraction of sp³-hybridized carbons (Fsp3) is 0.786. The van der Waals surface area contributed by atoms with Crippen molar-refractivity contribution in [3.05, 3.63) is 18.2 Å². The number of aliphatic hydroxyl groups is 1. The van der Waals surface area contributed by atoms with Crippen LogP contribution >= 0.6 is 0 Å². The van der Waals surface area contributed by atoms with E-state index in [4.69, 9.17) is 0 Å². The minimum absolute atomic E-state index is 0.560. The Balaban J connectivity index is 2.06. The molecule has 1 aromatic heterocycles. The molecule has 1 saturated carbocycles. The largest absolute Gasteiger partial charge is 0.382 e. The van der Waals surface area contributed by atoms with Crippen molar-refractivity contribution in [1.82, 2.24) is 14.9 Å². The second-order valence-electron chi connectivity index (χ2n) is 5.31. The van der Waals surface area contributed by atoms with Crippen LogP contribution in [0.1, 0.15) is 51.8 Å². The molecule has 2 N–H and O–H groups in total. The van der Waals surface area contributed by atoms with E-state index in [-0.39, 0.29) is 0 Å². The summed E-state index contributed by atoms with van der Waals surface area (Å²) in [6, 6.07) is 0.560. The van der Waals surface area contributed by atoms with Gasteiger partial charge in [0.2, 0.25) is 0 Å². The van der Waals surface area contributed by atoms with Crippen LogP contribution in [0.3, 0.4) is 0 Å². The molecule has 0 amide bonds. The van der Waals surface area contributed by atoms with Crippen LogP contribution in [0.5, 0.6) is 0 Å². The Morgan fingerprint density at radius 3 is 2.78 bits per heavy atom. The van der Waals surface area contributed by atoms with E-state index in [1.165, 1.54) is 0 Å². The number of aromatic nitrogens is 2. The molecule has 0 radical (unpaired) electrons. The molecule has 1 aromatic rings. The highest BCUT2D eigenvalue weighted by atomic mass is 16.3. The maximum absolute atomic E-state index is 10.8. The lowest BCUT2D eigenvalue weighted by Crippen LogP contribution is -2.41. The molecular formula is C14H25N3O. The van der Waals surface area contributed by atoms with Crippen molar-refractivity contribution in [2.45, 2.75) is 64.1 Å². The molecule has 0 bridgehead atoms. The van der Waals surface area contributed by atoms with Crippen molar-refractivity contribution in [2.75, 3.05) is 6.54 Å². The summed E-state index contributed by atoms with van der Waals surface area (Å²) < 4.78 is 2.10. The lowest BCUT2D eigenvalue weighted by atomic mass is 9.81. The van der Waals surface area contributed by atoms with Gasteiger partial charge >= 0.3 is 0 Å². The van der Waals surface area contributed by atoms with Crippen LogP contribution in [0.15, 0.2) is 12.4 Å². The highest BCUT2D eigenvalue weighted by Gasteiger charge is 2.37. The Morgan fingerprint density at radius 2 is 2.17 bits per heavy atom. The fourth-order valence-electron chi connectivity index (χ4n) is 2.95. The van der Waals surface area contributed by atoms with Gasteiger partial charge in [0.05, 0.1) is 0 Å². The molecule has 18 heavy (non-hydrogen) atoms. The number of hydrogen-bond donors (Lipinski definition) is 2. The molecule has 2 rings (SSSR count). The molecule has 4 heteroatoms. The standard InChI is InChI=1S/C14H25N3O/c1-3-10-17-11-9-16-13(17)14(18)7-5-12(6-8-14)15-4-2/h9,11-12,15,18H,3-8,10H2,1-2H3. The Hall–Kier alpha value is -0.870. The normalized spacial score (nSPS) is 28.5. The van der Waals surface area contributed by atoms with Crippen LogP contribution in [0.25, 0.3) is 0 Å². The van der Waals surface area contributed by atoms with Crippen molar-refractivity contribution in [2.24, 2.45) is 0 Å². The molecular weight excluding hydrogens is 226 g/mol. The summed E-state index contributed by atoms with van der Waals surface area (Å²) in [6.07, 6.45) is 8.54. The number of hydrogen-bond acceptors (Lipinski definition) is 3. The molecule has 0 saturated heterocycles. The van der Waals surface area contributed by atoms with Gasteiger partial charge in [0.25, 0.3) is 0 Å². The Kier molecular flexibility index (Phi) is 4.40. The van der Waals surface area contributed by atoms with E-state index < -0.39 is 5.60 Å². The van der Waals surface area contributed by atoms with Gasteiger partial charge in [0, 0.05) is 25.0 Å². The minimum atomic E-state index is -0.718. The predicted molar refractivity (Wildman–Crippen MR) is 72.3 cm³/mol. The molecule has 0 aromatic carbocycles. The van der Waals surface area contributed by atoms with Gasteiger partial charge in [0.1, 0.15) is 11.4 Å². The Bertz CT molecular complexity index is 367. The molecule has 1 aliphatic rings. The summed E-state index contributed by atoms with van der Waals surface area (Å²) in [6.45, 7) is 6.23. The molecule has 1 aliphatic carbocycles. The first-order valence-electron chi connectivity index (χ1n) is 7.17. The molecule has 1 fully saturated rings. The molecule has 0 unspecified atom stereocenters. The zero-order chi connectivity index (χ0) is 13.0. The van der Waals surface area contributed by atoms with Crippen molar-refractivity contribution >= 4 is 0 Å². The van der Waals surface area contributed by atoms with Gasteiger partial charge < -0.3 is 15.0 Å². The van der Waals surface area contributed by atoms with Crippen LogP contribution < -0.4 is 5.32 Å². The first-order valence-corrected chi connectivity index (χ1v) is 7.17. The average molecular weight is 251 g/mol. The number of rotatable bonds is 5. The lowest BCUT2D eigenvalue weighted by Gasteiger charge is -2.36. The summed E-state index contributed by atoms with van der Waals surface area (Å²) in [5, 5.41) is 14.3. The smallest absolute Gasteiger partial charge is 0.140 e. The molecule has 1 heterocycles. The van der Waals surface area contributed by atoms with Gasteiger partial charge in [0.15, 0.2) is 0 Å².